The SMILES string of the molecule is Cc1nn(C)c(N2CCCN(C)CC2C)c1C=O. The molecule has 0 bridgehead atoms. The molecule has 0 aromatic carbocycles. The standard InChI is InChI=1S/C13H22N4O/c1-10-8-15(3)6-5-7-17(10)13-12(9-18)11(2)14-16(13)4/h9-10H,5-8H2,1-4H3. The number of anilines is 1. The molecular weight excluding hydrogens is 228 g/mol. The zero-order valence-electron chi connectivity index (χ0n) is 11.7. The number of hydrogen-bond acceptors (Lipinski definition) is 4. The fourth-order valence-corrected chi connectivity index (χ4v) is 2.83. The summed E-state index contributed by atoms with van der Waals surface area (Å²) >= 11 is 0. The molecule has 5 nitrogen and oxygen atoms in total. The monoisotopic (exact) mass is 250 g/mol. The molecule has 0 N–H and O–H groups in total. The molecule has 1 atom stereocenters. The molecule has 5 heteroatoms. The predicted molar refractivity (Wildman–Crippen MR) is 72.3 cm³/mol. The first kappa shape index (κ1) is 13.1. The number of carbonyl (C=O) groups excluding carboxylic acids is 1. The summed E-state index contributed by atoms with van der Waals surface area (Å²) in [6, 6.07) is 0.394. The summed E-state index contributed by atoms with van der Waals surface area (Å²) in [5.74, 6) is 0.963. The first-order valence-corrected chi connectivity index (χ1v) is 6.48. The van der Waals surface area contributed by atoms with Crippen molar-refractivity contribution in [2.75, 3.05) is 31.6 Å². The van der Waals surface area contributed by atoms with Crippen LogP contribution in [-0.2, 0) is 7.05 Å². The maximum atomic E-state index is 11.3. The Morgan fingerprint density at radius 2 is 2.06 bits per heavy atom. The molecule has 1 saturated heterocycles. The summed E-state index contributed by atoms with van der Waals surface area (Å²) in [6.07, 6.45) is 2.04. The van der Waals surface area contributed by atoms with Gasteiger partial charge in [-0.05, 0) is 33.9 Å². The van der Waals surface area contributed by atoms with Crippen LogP contribution >= 0.6 is 0 Å². The molecule has 2 rings (SSSR count). The largest absolute Gasteiger partial charge is 0.352 e. The first-order chi connectivity index (χ1) is 8.54. The van der Waals surface area contributed by atoms with Crippen LogP contribution in [0.4, 0.5) is 5.82 Å². The lowest BCUT2D eigenvalue weighted by atomic mass is 10.2. The van der Waals surface area contributed by atoms with Crippen molar-refractivity contribution in [3.05, 3.63) is 11.3 Å². The molecule has 1 aromatic rings. The van der Waals surface area contributed by atoms with Gasteiger partial charge < -0.3 is 9.80 Å². The Kier molecular flexibility index (Phi) is 3.71. The topological polar surface area (TPSA) is 41.4 Å². The lowest BCUT2D eigenvalue weighted by Crippen LogP contribution is -2.39. The molecule has 0 saturated carbocycles. The van der Waals surface area contributed by atoms with Crippen molar-refractivity contribution in [1.82, 2.24) is 14.7 Å². The van der Waals surface area contributed by atoms with E-state index < -0.39 is 0 Å². The van der Waals surface area contributed by atoms with Crippen LogP contribution in [-0.4, -0.2) is 53.7 Å². The van der Waals surface area contributed by atoms with Crippen molar-refractivity contribution in [1.29, 1.82) is 0 Å². The minimum atomic E-state index is 0.394. The van der Waals surface area contributed by atoms with Crippen molar-refractivity contribution in [2.24, 2.45) is 7.05 Å². The average Bonchev–Trinajstić information content (AvgIpc) is 2.47. The van der Waals surface area contributed by atoms with E-state index in [1.807, 2.05) is 18.7 Å². The fourth-order valence-electron chi connectivity index (χ4n) is 2.83. The zero-order chi connectivity index (χ0) is 13.3. The minimum absolute atomic E-state index is 0.394. The highest BCUT2D eigenvalue weighted by Gasteiger charge is 2.25. The number of aryl methyl sites for hydroxylation is 2. The van der Waals surface area contributed by atoms with Gasteiger partial charge in [0.05, 0.1) is 11.3 Å². The molecule has 1 fully saturated rings. The highest BCUT2D eigenvalue weighted by molar-refractivity contribution is 5.84. The van der Waals surface area contributed by atoms with Crippen molar-refractivity contribution in [3.8, 4) is 0 Å². The Labute approximate surface area is 108 Å². The number of nitrogens with zero attached hydrogens (tertiary/aromatic N) is 4. The maximum Gasteiger partial charge on any atom is 0.155 e. The molecule has 18 heavy (non-hydrogen) atoms. The number of likely N-dealkylation sites (N-methyl/N-ethyl adjacent to an activating group) is 1. The summed E-state index contributed by atoms with van der Waals surface area (Å²) in [7, 11) is 4.06. The average molecular weight is 250 g/mol. The lowest BCUT2D eigenvalue weighted by molar-refractivity contribution is 0.112. The maximum absolute atomic E-state index is 11.3. The second kappa shape index (κ2) is 5.10. The van der Waals surface area contributed by atoms with Crippen molar-refractivity contribution >= 4 is 12.1 Å². The second-order valence-electron chi connectivity index (χ2n) is 5.22. The molecule has 0 aliphatic carbocycles. The van der Waals surface area contributed by atoms with E-state index in [1.165, 1.54) is 0 Å². The minimum Gasteiger partial charge on any atom is -0.352 e. The third-order valence-corrected chi connectivity index (χ3v) is 3.67. The van der Waals surface area contributed by atoms with Crippen LogP contribution in [0.1, 0.15) is 29.4 Å². The summed E-state index contributed by atoms with van der Waals surface area (Å²) in [4.78, 5) is 15.9. The molecule has 1 aliphatic rings. The van der Waals surface area contributed by atoms with E-state index in [4.69, 9.17) is 0 Å². The highest BCUT2D eigenvalue weighted by atomic mass is 16.1. The summed E-state index contributed by atoms with van der Waals surface area (Å²) in [6.45, 7) is 7.20. The van der Waals surface area contributed by atoms with Crippen molar-refractivity contribution < 1.29 is 4.79 Å². The van der Waals surface area contributed by atoms with Gasteiger partial charge in [-0.2, -0.15) is 5.10 Å². The number of hydrogen-bond donors (Lipinski definition) is 0. The Balaban J connectivity index is 2.37. The smallest absolute Gasteiger partial charge is 0.155 e. The normalized spacial score (nSPS) is 22.0. The van der Waals surface area contributed by atoms with Crippen LogP contribution in [0.25, 0.3) is 0 Å². The van der Waals surface area contributed by atoms with Gasteiger partial charge in [0, 0.05) is 26.2 Å². The van der Waals surface area contributed by atoms with E-state index in [9.17, 15) is 4.79 Å². The van der Waals surface area contributed by atoms with Crippen LogP contribution in [0.3, 0.4) is 0 Å². The number of aldehydes is 1. The van der Waals surface area contributed by atoms with E-state index in [0.29, 0.717) is 6.04 Å². The molecule has 0 radical (unpaired) electrons. The van der Waals surface area contributed by atoms with Gasteiger partial charge in [0.2, 0.25) is 0 Å². The van der Waals surface area contributed by atoms with E-state index in [0.717, 1.165) is 49.4 Å². The van der Waals surface area contributed by atoms with Gasteiger partial charge in [0.1, 0.15) is 5.82 Å². The van der Waals surface area contributed by atoms with Gasteiger partial charge >= 0.3 is 0 Å². The Morgan fingerprint density at radius 1 is 1.33 bits per heavy atom. The molecule has 1 aliphatic heterocycles. The zero-order valence-corrected chi connectivity index (χ0v) is 11.7. The van der Waals surface area contributed by atoms with Crippen LogP contribution in [0, 0.1) is 6.92 Å². The summed E-state index contributed by atoms with van der Waals surface area (Å²) in [5.41, 5.74) is 1.54. The van der Waals surface area contributed by atoms with E-state index >= 15 is 0 Å². The molecule has 100 valence electrons. The molecule has 1 aromatic heterocycles. The van der Waals surface area contributed by atoms with Crippen LogP contribution in [0.2, 0.25) is 0 Å². The Bertz CT molecular complexity index is 440. The highest BCUT2D eigenvalue weighted by Crippen LogP contribution is 2.25. The third-order valence-electron chi connectivity index (χ3n) is 3.67. The molecule has 0 spiro atoms. The lowest BCUT2D eigenvalue weighted by Gasteiger charge is -2.30. The summed E-state index contributed by atoms with van der Waals surface area (Å²) in [5, 5.41) is 4.37. The Morgan fingerprint density at radius 3 is 2.72 bits per heavy atom. The van der Waals surface area contributed by atoms with E-state index in [2.05, 4.69) is 28.9 Å². The quantitative estimate of drug-likeness (QED) is 0.736. The Hall–Kier alpha value is -1.36. The van der Waals surface area contributed by atoms with Gasteiger partial charge in [-0.15, -0.1) is 0 Å². The van der Waals surface area contributed by atoms with Crippen LogP contribution in [0.5, 0.6) is 0 Å². The molecular formula is C13H22N4O. The van der Waals surface area contributed by atoms with E-state index in [1.54, 1.807) is 0 Å². The molecule has 2 heterocycles. The fraction of sp³-hybridized carbons (Fsp3) is 0.692. The van der Waals surface area contributed by atoms with Crippen LogP contribution < -0.4 is 4.90 Å². The van der Waals surface area contributed by atoms with Gasteiger partial charge in [-0.3, -0.25) is 9.48 Å². The van der Waals surface area contributed by atoms with Crippen LogP contribution in [0.15, 0.2) is 0 Å². The van der Waals surface area contributed by atoms with E-state index in [-0.39, 0.29) is 0 Å². The van der Waals surface area contributed by atoms with Gasteiger partial charge in [-0.25, -0.2) is 0 Å². The molecule has 1 unspecified atom stereocenters. The first-order valence-electron chi connectivity index (χ1n) is 6.48. The number of aromatic nitrogens is 2. The number of carbonyl (C=O) groups is 1. The van der Waals surface area contributed by atoms with Crippen molar-refractivity contribution in [2.45, 2.75) is 26.3 Å². The van der Waals surface area contributed by atoms with Crippen molar-refractivity contribution in [3.63, 3.8) is 0 Å². The second-order valence-corrected chi connectivity index (χ2v) is 5.22. The summed E-state index contributed by atoms with van der Waals surface area (Å²) < 4.78 is 1.83. The van der Waals surface area contributed by atoms with Gasteiger partial charge in [0.15, 0.2) is 6.29 Å². The number of rotatable bonds is 2. The van der Waals surface area contributed by atoms with Gasteiger partial charge in [0.25, 0.3) is 0 Å². The third kappa shape index (κ3) is 2.27. The molecule has 0 amide bonds. The predicted octanol–water partition coefficient (Wildman–Crippen LogP) is 1.07. The van der Waals surface area contributed by atoms with Gasteiger partial charge in [-0.1, -0.05) is 0 Å².